The summed E-state index contributed by atoms with van der Waals surface area (Å²) in [6.45, 7) is 0. The maximum atomic E-state index is 12.3. The second kappa shape index (κ2) is 7.98. The van der Waals surface area contributed by atoms with E-state index >= 15 is 0 Å². The van der Waals surface area contributed by atoms with Crippen LogP contribution in [-0.4, -0.2) is 25.5 Å². The van der Waals surface area contributed by atoms with Crippen LogP contribution in [0.1, 0.15) is 22.8 Å². The third kappa shape index (κ3) is 3.66. The van der Waals surface area contributed by atoms with Crippen LogP contribution in [0.3, 0.4) is 0 Å². The van der Waals surface area contributed by atoms with E-state index in [9.17, 15) is 13.2 Å². The zero-order valence-electron chi connectivity index (χ0n) is 17.6. The summed E-state index contributed by atoms with van der Waals surface area (Å²) in [7, 11) is -3.96. The Labute approximate surface area is 195 Å². The van der Waals surface area contributed by atoms with Crippen LogP contribution >= 0.6 is 0 Å². The first-order chi connectivity index (χ1) is 16.2. The molecule has 0 heterocycles. The molecule has 1 amide bonds. The first-order valence-corrected chi connectivity index (χ1v) is 11.8. The minimum atomic E-state index is -3.96. The molecule has 0 radical (unpaired) electrons. The van der Waals surface area contributed by atoms with Crippen molar-refractivity contribution in [3.8, 4) is 16.9 Å². The molecular formula is C25H19N3O5S. The number of benzene rings is 4. The summed E-state index contributed by atoms with van der Waals surface area (Å²) in [5, 5.41) is 26.1. The van der Waals surface area contributed by atoms with Crippen molar-refractivity contribution in [2.24, 2.45) is 5.14 Å². The molecule has 0 saturated carbocycles. The zero-order chi connectivity index (χ0) is 24.0. The molecule has 2 aliphatic carbocycles. The SMILES string of the molecule is N=C(NC(=O)O)c1cccc2ccc(OC3C4=C(S(N)(=O)=O)C3=C(c3ccccc3)C=C4)cc12. The van der Waals surface area contributed by atoms with Crippen LogP contribution in [0.5, 0.6) is 5.75 Å². The predicted octanol–water partition coefficient (Wildman–Crippen LogP) is 4.23. The Balaban J connectivity index is 1.56. The van der Waals surface area contributed by atoms with E-state index in [0.717, 1.165) is 16.5 Å². The highest BCUT2D eigenvalue weighted by molar-refractivity contribution is 7.89. The van der Waals surface area contributed by atoms with Gasteiger partial charge in [0.1, 0.15) is 11.6 Å². The quantitative estimate of drug-likeness (QED) is 0.253. The number of nitrogens with one attached hydrogen (secondary N) is 2. The van der Waals surface area contributed by atoms with Crippen LogP contribution in [0.25, 0.3) is 21.9 Å². The van der Waals surface area contributed by atoms with Gasteiger partial charge >= 0.3 is 6.09 Å². The monoisotopic (exact) mass is 473 g/mol. The van der Waals surface area contributed by atoms with Gasteiger partial charge < -0.3 is 9.84 Å². The highest BCUT2D eigenvalue weighted by Gasteiger charge is 2.41. The van der Waals surface area contributed by atoms with E-state index in [1.54, 1.807) is 36.4 Å². The average Bonchev–Trinajstić information content (AvgIpc) is 2.80. The zero-order valence-corrected chi connectivity index (χ0v) is 18.5. The van der Waals surface area contributed by atoms with Gasteiger partial charge in [-0.2, -0.15) is 0 Å². The largest absolute Gasteiger partial charge is 0.481 e. The smallest absolute Gasteiger partial charge is 0.410 e. The van der Waals surface area contributed by atoms with E-state index in [1.807, 2.05) is 42.5 Å². The van der Waals surface area contributed by atoms with Crippen LogP contribution in [0.15, 0.2) is 83.8 Å². The number of rotatable bonds is 5. The van der Waals surface area contributed by atoms with Gasteiger partial charge in [0.2, 0.25) is 10.0 Å². The molecule has 34 heavy (non-hydrogen) atoms. The van der Waals surface area contributed by atoms with Gasteiger partial charge in [0.15, 0.2) is 6.10 Å². The lowest BCUT2D eigenvalue weighted by Crippen LogP contribution is -2.30. The maximum Gasteiger partial charge on any atom is 0.410 e. The van der Waals surface area contributed by atoms with Crippen molar-refractivity contribution in [2.75, 3.05) is 0 Å². The molecule has 170 valence electrons. The Bertz CT molecular complexity index is 1580. The number of sulfonamides is 1. The van der Waals surface area contributed by atoms with Crippen molar-refractivity contribution >= 4 is 32.7 Å². The Hall–Kier alpha value is -4.21. The number of ether oxygens (including phenoxy) is 1. The van der Waals surface area contributed by atoms with Gasteiger partial charge in [-0.15, -0.1) is 0 Å². The Morgan fingerprint density at radius 1 is 1.00 bits per heavy atom. The van der Waals surface area contributed by atoms with Crippen molar-refractivity contribution in [3.05, 3.63) is 95.6 Å². The summed E-state index contributed by atoms with van der Waals surface area (Å²) in [5.74, 6) is 0.186. The number of amides is 1. The van der Waals surface area contributed by atoms with E-state index in [1.165, 1.54) is 0 Å². The molecule has 8 nitrogen and oxygen atoms in total. The van der Waals surface area contributed by atoms with Crippen LogP contribution in [0.2, 0.25) is 0 Å². The van der Waals surface area contributed by atoms with Crippen molar-refractivity contribution < 1.29 is 23.1 Å². The molecule has 1 unspecified atom stereocenters. The lowest BCUT2D eigenvalue weighted by molar-refractivity contribution is 0.200. The van der Waals surface area contributed by atoms with Crippen LogP contribution in [0, 0.1) is 5.41 Å². The number of carboxylic acid groups (broad SMARTS) is 1. The fourth-order valence-electron chi connectivity index (χ4n) is 4.32. The normalized spacial score (nSPS) is 14.3. The summed E-state index contributed by atoms with van der Waals surface area (Å²) in [4.78, 5) is 11.1. The summed E-state index contributed by atoms with van der Waals surface area (Å²) in [6.07, 6.45) is -1.96. The highest BCUT2D eigenvalue weighted by atomic mass is 32.2. The molecule has 2 bridgehead atoms. The number of hydrogen-bond acceptors (Lipinski definition) is 5. The van der Waals surface area contributed by atoms with E-state index in [4.69, 9.17) is 20.4 Å². The summed E-state index contributed by atoms with van der Waals surface area (Å²) < 4.78 is 30.8. The van der Waals surface area contributed by atoms with Gasteiger partial charge in [-0.05, 0) is 34.0 Å². The molecule has 0 aromatic heterocycles. The number of hydrogen-bond donors (Lipinski definition) is 4. The molecule has 2 aliphatic rings. The van der Waals surface area contributed by atoms with Gasteiger partial charge in [0, 0.05) is 16.7 Å². The fourth-order valence-corrected chi connectivity index (χ4v) is 5.35. The molecule has 0 fully saturated rings. The lowest BCUT2D eigenvalue weighted by Gasteiger charge is -2.35. The first kappa shape index (κ1) is 21.6. The second-order valence-corrected chi connectivity index (χ2v) is 9.35. The van der Waals surface area contributed by atoms with Gasteiger partial charge in [0.05, 0.1) is 4.90 Å². The molecule has 0 saturated heterocycles. The molecule has 6 rings (SSSR count). The molecule has 4 aromatic rings. The van der Waals surface area contributed by atoms with E-state index in [-0.39, 0.29) is 10.7 Å². The topological polar surface area (TPSA) is 143 Å². The van der Waals surface area contributed by atoms with Crippen molar-refractivity contribution in [1.82, 2.24) is 5.32 Å². The predicted molar refractivity (Wildman–Crippen MR) is 128 cm³/mol. The maximum absolute atomic E-state index is 12.3. The fraction of sp³-hybridized carbons (Fsp3) is 0.0400. The molecule has 1 atom stereocenters. The first-order valence-electron chi connectivity index (χ1n) is 10.3. The number of primary sulfonamides is 1. The van der Waals surface area contributed by atoms with Crippen LogP contribution in [0.4, 0.5) is 4.79 Å². The van der Waals surface area contributed by atoms with E-state index < -0.39 is 22.2 Å². The number of nitrogens with two attached hydrogens (primary N) is 1. The minimum absolute atomic E-state index is 0.0766. The molecule has 0 aliphatic heterocycles. The molecule has 4 aromatic carbocycles. The van der Waals surface area contributed by atoms with Crippen molar-refractivity contribution in [3.63, 3.8) is 0 Å². The minimum Gasteiger partial charge on any atom is -0.481 e. The van der Waals surface area contributed by atoms with Crippen molar-refractivity contribution in [1.29, 1.82) is 5.41 Å². The highest BCUT2D eigenvalue weighted by Crippen LogP contribution is 2.50. The number of amidine groups is 1. The van der Waals surface area contributed by atoms with Crippen LogP contribution < -0.4 is 15.2 Å². The van der Waals surface area contributed by atoms with Gasteiger partial charge in [-0.25, -0.2) is 18.4 Å². The Morgan fingerprint density at radius 2 is 1.76 bits per heavy atom. The molecule has 9 heteroatoms. The van der Waals surface area contributed by atoms with Crippen molar-refractivity contribution in [2.45, 2.75) is 11.0 Å². The van der Waals surface area contributed by atoms with Gasteiger partial charge in [0.25, 0.3) is 0 Å². The summed E-state index contributed by atoms with van der Waals surface area (Å²) in [5.41, 5.74) is 2.94. The molecular weight excluding hydrogens is 454 g/mol. The summed E-state index contributed by atoms with van der Waals surface area (Å²) in [6, 6.07) is 23.4. The Morgan fingerprint density at radius 3 is 2.47 bits per heavy atom. The Kier molecular flexibility index (Phi) is 5.07. The van der Waals surface area contributed by atoms with Gasteiger partial charge in [-0.1, -0.05) is 66.7 Å². The summed E-state index contributed by atoms with van der Waals surface area (Å²) >= 11 is 0. The average molecular weight is 474 g/mol. The number of fused-ring (bicyclic) bond motifs is 3. The second-order valence-electron chi connectivity index (χ2n) is 7.85. The van der Waals surface area contributed by atoms with Crippen LogP contribution in [-0.2, 0) is 10.0 Å². The number of carbonyl (C=O) groups is 1. The molecule has 5 N–H and O–H groups in total. The molecule has 0 spiro atoms. The van der Waals surface area contributed by atoms with E-state index in [0.29, 0.717) is 27.8 Å². The lowest BCUT2D eigenvalue weighted by atomic mass is 9.82. The third-order valence-corrected chi connectivity index (χ3v) is 6.77. The van der Waals surface area contributed by atoms with Gasteiger partial charge in [-0.3, -0.25) is 10.7 Å². The standard InChI is InChI=1S/C25H19N3O5S/c26-24(28-25(29)30)18-8-4-7-15-9-10-16(13-20(15)18)33-22-19-12-11-17(14-5-2-1-3-6-14)21(22)23(19)34(27,31)32/h1-13,22H,(H2,26,28)(H,29,30)(H2,27,31,32). The third-order valence-electron chi connectivity index (χ3n) is 5.75. The van der Waals surface area contributed by atoms with E-state index in [2.05, 4.69) is 5.32 Å².